The first-order valence-corrected chi connectivity index (χ1v) is 8.14. The van der Waals surface area contributed by atoms with E-state index in [1.54, 1.807) is 0 Å². The van der Waals surface area contributed by atoms with Gasteiger partial charge in [0.1, 0.15) is 0 Å². The number of carbonyl (C=O) groups excluding carboxylic acids is 1. The van der Waals surface area contributed by atoms with Gasteiger partial charge in [-0.2, -0.15) is 0 Å². The Bertz CT molecular complexity index is 667. The number of halogens is 2. The first kappa shape index (κ1) is 17.9. The number of hydrogen-bond donors (Lipinski definition) is 2. The van der Waals surface area contributed by atoms with Crippen molar-refractivity contribution in [1.82, 2.24) is 20.3 Å². The zero-order chi connectivity index (χ0) is 15.5. The fraction of sp³-hybridized carbons (Fsp3) is 0.400. The number of nitrogens with zero attached hydrogens (tertiary/aromatic N) is 3. The molecule has 1 fully saturated rings. The Balaban J connectivity index is 0.00000192. The summed E-state index contributed by atoms with van der Waals surface area (Å²) >= 11 is 3.37. The SMILES string of the molecule is Cc1c(C(=O)Nc2ccc(Br)cc2)nnn1C1CCNCC1.Cl. The van der Waals surface area contributed by atoms with Crippen LogP contribution in [0.4, 0.5) is 5.69 Å². The highest BCUT2D eigenvalue weighted by Crippen LogP contribution is 2.21. The second-order valence-corrected chi connectivity index (χ2v) is 6.33. The molecule has 0 saturated carbocycles. The standard InChI is InChI=1S/C15H18BrN5O.ClH/c1-10-14(15(22)18-12-4-2-11(16)3-5-12)19-20-21(10)13-6-8-17-9-7-13;/h2-5,13,17H,6-9H2,1H3,(H,18,22);1H. The number of carbonyl (C=O) groups is 1. The molecule has 1 saturated heterocycles. The van der Waals surface area contributed by atoms with Crippen molar-refractivity contribution in [3.8, 4) is 0 Å². The number of aromatic nitrogens is 3. The van der Waals surface area contributed by atoms with Crippen LogP contribution in [0, 0.1) is 6.92 Å². The van der Waals surface area contributed by atoms with Crippen molar-refractivity contribution >= 4 is 39.9 Å². The van der Waals surface area contributed by atoms with Crippen LogP contribution in [0.3, 0.4) is 0 Å². The first-order chi connectivity index (χ1) is 10.6. The van der Waals surface area contributed by atoms with Crippen molar-refractivity contribution in [3.63, 3.8) is 0 Å². The molecule has 23 heavy (non-hydrogen) atoms. The van der Waals surface area contributed by atoms with Crippen LogP contribution in [0.2, 0.25) is 0 Å². The summed E-state index contributed by atoms with van der Waals surface area (Å²) < 4.78 is 2.86. The van der Waals surface area contributed by atoms with Crippen molar-refractivity contribution in [2.75, 3.05) is 18.4 Å². The summed E-state index contributed by atoms with van der Waals surface area (Å²) in [5.41, 5.74) is 1.95. The lowest BCUT2D eigenvalue weighted by atomic mass is 10.1. The Kier molecular flexibility index (Phi) is 6.15. The lowest BCUT2D eigenvalue weighted by molar-refractivity contribution is 0.102. The van der Waals surface area contributed by atoms with Crippen molar-refractivity contribution in [2.45, 2.75) is 25.8 Å². The molecule has 2 N–H and O–H groups in total. The quantitative estimate of drug-likeness (QED) is 0.831. The molecule has 3 rings (SSSR count). The number of rotatable bonds is 3. The average Bonchev–Trinajstić information content (AvgIpc) is 2.92. The molecule has 1 amide bonds. The van der Waals surface area contributed by atoms with Gasteiger partial charge in [0.25, 0.3) is 5.91 Å². The lowest BCUT2D eigenvalue weighted by Crippen LogP contribution is -2.30. The Labute approximate surface area is 149 Å². The van der Waals surface area contributed by atoms with Crippen LogP contribution in [-0.2, 0) is 0 Å². The number of amides is 1. The third kappa shape index (κ3) is 4.10. The molecular formula is C15H19BrClN5O. The molecule has 0 radical (unpaired) electrons. The minimum Gasteiger partial charge on any atom is -0.321 e. The summed E-state index contributed by atoms with van der Waals surface area (Å²) in [5.74, 6) is -0.222. The van der Waals surface area contributed by atoms with Crippen molar-refractivity contribution in [2.24, 2.45) is 0 Å². The summed E-state index contributed by atoms with van der Waals surface area (Å²) in [6, 6.07) is 7.77. The van der Waals surface area contributed by atoms with Crippen LogP contribution in [0.25, 0.3) is 0 Å². The van der Waals surface area contributed by atoms with E-state index in [0.717, 1.165) is 41.8 Å². The zero-order valence-electron chi connectivity index (χ0n) is 12.8. The lowest BCUT2D eigenvalue weighted by Gasteiger charge is -2.23. The Morgan fingerprint density at radius 2 is 1.96 bits per heavy atom. The van der Waals surface area contributed by atoms with Crippen molar-refractivity contribution in [3.05, 3.63) is 40.1 Å². The topological polar surface area (TPSA) is 71.8 Å². The van der Waals surface area contributed by atoms with E-state index >= 15 is 0 Å². The maximum Gasteiger partial charge on any atom is 0.278 e. The molecule has 0 aliphatic carbocycles. The summed E-state index contributed by atoms with van der Waals surface area (Å²) in [4.78, 5) is 12.4. The zero-order valence-corrected chi connectivity index (χ0v) is 15.2. The largest absolute Gasteiger partial charge is 0.321 e. The third-order valence-corrected chi connectivity index (χ3v) is 4.43. The maximum atomic E-state index is 12.4. The van der Waals surface area contributed by atoms with E-state index in [-0.39, 0.29) is 18.3 Å². The van der Waals surface area contributed by atoms with Crippen LogP contribution in [0.15, 0.2) is 28.7 Å². The van der Waals surface area contributed by atoms with Gasteiger partial charge in [0, 0.05) is 10.2 Å². The van der Waals surface area contributed by atoms with Gasteiger partial charge in [-0.25, -0.2) is 4.68 Å². The molecule has 0 atom stereocenters. The van der Waals surface area contributed by atoms with E-state index in [1.807, 2.05) is 35.9 Å². The normalized spacial score (nSPS) is 15.0. The molecule has 0 spiro atoms. The number of nitrogens with one attached hydrogen (secondary N) is 2. The smallest absolute Gasteiger partial charge is 0.278 e. The van der Waals surface area contributed by atoms with Crippen LogP contribution in [0.1, 0.15) is 35.1 Å². The van der Waals surface area contributed by atoms with Gasteiger partial charge >= 0.3 is 0 Å². The van der Waals surface area contributed by atoms with Crippen LogP contribution in [-0.4, -0.2) is 34.0 Å². The molecule has 2 heterocycles. The Hall–Kier alpha value is -1.44. The molecule has 6 nitrogen and oxygen atoms in total. The van der Waals surface area contributed by atoms with Gasteiger partial charge in [-0.05, 0) is 57.1 Å². The van der Waals surface area contributed by atoms with E-state index in [9.17, 15) is 4.79 Å². The van der Waals surface area contributed by atoms with Gasteiger partial charge in [0.15, 0.2) is 5.69 Å². The van der Waals surface area contributed by atoms with E-state index < -0.39 is 0 Å². The minimum atomic E-state index is -0.222. The number of anilines is 1. The fourth-order valence-electron chi connectivity index (χ4n) is 2.67. The molecule has 0 bridgehead atoms. The van der Waals surface area contributed by atoms with Gasteiger partial charge < -0.3 is 10.6 Å². The molecule has 1 aromatic heterocycles. The molecule has 8 heteroatoms. The Morgan fingerprint density at radius 1 is 1.30 bits per heavy atom. The molecular weight excluding hydrogens is 382 g/mol. The van der Waals surface area contributed by atoms with E-state index in [1.165, 1.54) is 0 Å². The summed E-state index contributed by atoms with van der Waals surface area (Å²) in [6.07, 6.45) is 2.02. The predicted molar refractivity (Wildman–Crippen MR) is 95.2 cm³/mol. The van der Waals surface area contributed by atoms with Gasteiger partial charge in [-0.3, -0.25) is 4.79 Å². The third-order valence-electron chi connectivity index (χ3n) is 3.90. The molecule has 0 unspecified atom stereocenters. The second kappa shape index (κ2) is 7.90. The molecule has 1 aliphatic heterocycles. The average molecular weight is 401 g/mol. The number of benzene rings is 1. The summed E-state index contributed by atoms with van der Waals surface area (Å²) in [6.45, 7) is 3.85. The molecule has 1 aliphatic rings. The van der Waals surface area contributed by atoms with Crippen LogP contribution in [0.5, 0.6) is 0 Å². The molecule has 1 aromatic carbocycles. The maximum absolute atomic E-state index is 12.4. The highest BCUT2D eigenvalue weighted by atomic mass is 79.9. The van der Waals surface area contributed by atoms with E-state index in [2.05, 4.69) is 36.9 Å². The summed E-state index contributed by atoms with van der Waals surface area (Å²) in [7, 11) is 0. The van der Waals surface area contributed by atoms with Gasteiger partial charge in [-0.1, -0.05) is 21.1 Å². The van der Waals surface area contributed by atoms with Gasteiger partial charge in [0.05, 0.1) is 11.7 Å². The first-order valence-electron chi connectivity index (χ1n) is 7.34. The molecule has 2 aromatic rings. The van der Waals surface area contributed by atoms with Crippen LogP contribution < -0.4 is 10.6 Å². The fourth-order valence-corrected chi connectivity index (χ4v) is 2.94. The monoisotopic (exact) mass is 399 g/mol. The van der Waals surface area contributed by atoms with E-state index in [0.29, 0.717) is 11.7 Å². The highest BCUT2D eigenvalue weighted by Gasteiger charge is 2.22. The van der Waals surface area contributed by atoms with Crippen LogP contribution >= 0.6 is 28.3 Å². The van der Waals surface area contributed by atoms with Crippen molar-refractivity contribution in [1.29, 1.82) is 0 Å². The highest BCUT2D eigenvalue weighted by molar-refractivity contribution is 9.10. The molecule has 124 valence electrons. The predicted octanol–water partition coefficient (Wildman–Crippen LogP) is 2.95. The second-order valence-electron chi connectivity index (χ2n) is 5.41. The van der Waals surface area contributed by atoms with Gasteiger partial charge in [-0.15, -0.1) is 17.5 Å². The van der Waals surface area contributed by atoms with E-state index in [4.69, 9.17) is 0 Å². The van der Waals surface area contributed by atoms with Crippen molar-refractivity contribution < 1.29 is 4.79 Å². The Morgan fingerprint density at radius 3 is 2.61 bits per heavy atom. The number of hydrogen-bond acceptors (Lipinski definition) is 4. The minimum absolute atomic E-state index is 0. The number of piperidine rings is 1. The summed E-state index contributed by atoms with van der Waals surface area (Å²) in [5, 5.41) is 14.4. The van der Waals surface area contributed by atoms with Gasteiger partial charge in [0.2, 0.25) is 0 Å².